The van der Waals surface area contributed by atoms with E-state index in [1.165, 1.54) is 4.90 Å². The van der Waals surface area contributed by atoms with Gasteiger partial charge in [-0.15, -0.1) is 0 Å². The second-order valence-electron chi connectivity index (χ2n) is 15.1. The number of nitrogens with one attached hydrogen (secondary N) is 4. The van der Waals surface area contributed by atoms with E-state index in [9.17, 15) is 30.1 Å². The summed E-state index contributed by atoms with van der Waals surface area (Å²) < 4.78 is 33.2. The van der Waals surface area contributed by atoms with Crippen LogP contribution in [-0.4, -0.2) is 86.9 Å². The highest BCUT2D eigenvalue weighted by Gasteiger charge is 2.52. The van der Waals surface area contributed by atoms with Crippen molar-refractivity contribution in [3.05, 3.63) is 24.2 Å². The highest BCUT2D eigenvalue weighted by molar-refractivity contribution is 6.38. The number of hydrogen-bond acceptors (Lipinski definition) is 8. The van der Waals surface area contributed by atoms with E-state index < -0.39 is 95.0 Å². The maximum absolute atomic E-state index is 14.7. The lowest BCUT2D eigenvalue weighted by Crippen LogP contribution is -2.62. The van der Waals surface area contributed by atoms with E-state index in [2.05, 4.69) is 31.2 Å². The highest BCUT2D eigenvalue weighted by Crippen LogP contribution is 2.43. The first kappa shape index (κ1) is 31.1. The zero-order valence-electron chi connectivity index (χ0n) is 33.0. The summed E-state index contributed by atoms with van der Waals surface area (Å²) in [5.74, 6) is -5.59. The molecule has 4 fully saturated rings. The largest absolute Gasteiger partial charge is 0.347 e. The molecule has 0 radical (unpaired) electrons. The van der Waals surface area contributed by atoms with Gasteiger partial charge in [-0.05, 0) is 68.1 Å². The Morgan fingerprint density at radius 1 is 0.959 bits per heavy atom. The number of rotatable bonds is 13. The molecule has 1 aliphatic heterocycles. The van der Waals surface area contributed by atoms with Crippen molar-refractivity contribution in [3.8, 4) is 0 Å². The molecular weight excluding hydrogens is 626 g/mol. The predicted molar refractivity (Wildman–Crippen MR) is 181 cm³/mol. The third-order valence-electron chi connectivity index (χ3n) is 10.3. The summed E-state index contributed by atoms with van der Waals surface area (Å²) in [4.78, 5) is 91.1. The van der Waals surface area contributed by atoms with Crippen LogP contribution in [0.4, 0.5) is 0 Å². The molecule has 0 aromatic carbocycles. The molecule has 5 amide bonds. The Hall–Kier alpha value is -3.90. The number of amides is 5. The van der Waals surface area contributed by atoms with E-state index in [4.69, 9.17) is 4.11 Å². The average Bonchev–Trinajstić information content (AvgIpc) is 3.71. The Labute approximate surface area is 294 Å². The van der Waals surface area contributed by atoms with Crippen LogP contribution < -0.4 is 21.3 Å². The van der Waals surface area contributed by atoms with Gasteiger partial charge in [-0.25, -0.2) is 4.98 Å². The molecule has 2 heterocycles. The van der Waals surface area contributed by atoms with E-state index in [0.29, 0.717) is 32.1 Å². The summed E-state index contributed by atoms with van der Waals surface area (Å²) in [6.07, 6.45) is 6.29. The van der Waals surface area contributed by atoms with Crippen LogP contribution in [0.2, 0.25) is 0 Å². The number of hydrogen-bond donors (Lipinski definition) is 4. The van der Waals surface area contributed by atoms with Crippen molar-refractivity contribution in [2.45, 2.75) is 135 Å². The molecule has 1 aromatic heterocycles. The van der Waals surface area contributed by atoms with Gasteiger partial charge >= 0.3 is 0 Å². The zero-order valence-corrected chi connectivity index (χ0v) is 29.0. The van der Waals surface area contributed by atoms with E-state index in [1.54, 1.807) is 20.8 Å². The van der Waals surface area contributed by atoms with Gasteiger partial charge in [0.1, 0.15) is 23.8 Å². The molecule has 4 N–H and O–H groups in total. The van der Waals surface area contributed by atoms with Crippen LogP contribution in [0, 0.1) is 23.2 Å². The monoisotopic (exact) mass is 683 g/mol. The van der Waals surface area contributed by atoms with E-state index in [0.717, 1.165) is 38.5 Å². The van der Waals surface area contributed by atoms with Crippen LogP contribution in [0.15, 0.2) is 18.5 Å². The average molecular weight is 684 g/mol. The van der Waals surface area contributed by atoms with Crippen molar-refractivity contribution in [2.24, 2.45) is 23.2 Å². The second-order valence-corrected chi connectivity index (χ2v) is 15.1. The third kappa shape index (κ3) is 8.83. The van der Waals surface area contributed by atoms with Crippen LogP contribution in [0.25, 0.3) is 0 Å². The van der Waals surface area contributed by atoms with Crippen molar-refractivity contribution >= 4 is 35.3 Å². The Morgan fingerprint density at radius 2 is 1.69 bits per heavy atom. The van der Waals surface area contributed by atoms with Gasteiger partial charge in [0.25, 0.3) is 11.8 Å². The first-order valence-corrected chi connectivity index (χ1v) is 17.9. The molecule has 13 heteroatoms. The van der Waals surface area contributed by atoms with Gasteiger partial charge in [0.2, 0.25) is 23.5 Å². The fraction of sp³-hybridized carbons (Fsp3) is 0.722. The number of aromatic nitrogens is 2. The summed E-state index contributed by atoms with van der Waals surface area (Å²) in [5.41, 5.74) is -1.42. The maximum atomic E-state index is 14.7. The Morgan fingerprint density at radius 3 is 2.37 bits per heavy atom. The van der Waals surface area contributed by atoms with Crippen LogP contribution in [0.1, 0.15) is 121 Å². The van der Waals surface area contributed by atoms with Crippen molar-refractivity contribution in [1.29, 1.82) is 0 Å². The number of ketones is 1. The number of nitrogens with zero attached hydrogens (tertiary/aromatic N) is 3. The molecular formula is C36H53N7O6. The molecule has 0 spiro atoms. The van der Waals surface area contributed by atoms with Crippen LogP contribution in [0.3, 0.4) is 0 Å². The van der Waals surface area contributed by atoms with Crippen LogP contribution in [-0.2, 0) is 24.0 Å². The lowest BCUT2D eigenvalue weighted by molar-refractivity contribution is -0.146. The molecule has 6 atom stereocenters. The Bertz CT molecular complexity index is 1610. The predicted octanol–water partition coefficient (Wildman–Crippen LogP) is 2.45. The summed E-state index contributed by atoms with van der Waals surface area (Å²) in [6, 6.07) is -5.71. The Kier molecular flexibility index (Phi) is 10.0. The minimum Gasteiger partial charge on any atom is -0.347 e. The van der Waals surface area contributed by atoms with Crippen LogP contribution >= 0.6 is 0 Å². The van der Waals surface area contributed by atoms with E-state index in [-0.39, 0.29) is 30.8 Å². The van der Waals surface area contributed by atoms with E-state index in [1.807, 2.05) is 6.92 Å². The lowest BCUT2D eigenvalue weighted by Gasteiger charge is -2.38. The summed E-state index contributed by atoms with van der Waals surface area (Å²) >= 11 is 0. The van der Waals surface area contributed by atoms with Gasteiger partial charge in [-0.2, -0.15) is 0 Å². The Balaban J connectivity index is 1.41. The van der Waals surface area contributed by atoms with Gasteiger partial charge in [0.05, 0.1) is 17.7 Å². The smallest absolute Gasteiger partial charge is 0.289 e. The number of Topliss-reactive ketones (excluding diaryl/α,β-unsaturated/α-hetero) is 1. The highest BCUT2D eigenvalue weighted by atomic mass is 16.2. The van der Waals surface area contributed by atoms with Crippen molar-refractivity contribution in [3.63, 3.8) is 0 Å². The molecule has 3 saturated carbocycles. The number of fused-ring (bicyclic) bond motifs is 1. The molecule has 13 nitrogen and oxygen atoms in total. The van der Waals surface area contributed by atoms with Crippen molar-refractivity contribution < 1.29 is 34.3 Å². The molecule has 5 rings (SSSR count). The molecule has 4 aliphatic rings. The minimum atomic E-state index is -2.11. The summed E-state index contributed by atoms with van der Waals surface area (Å²) in [7, 11) is 0. The first-order chi connectivity index (χ1) is 25.0. The third-order valence-corrected chi connectivity index (χ3v) is 10.3. The van der Waals surface area contributed by atoms with Crippen molar-refractivity contribution in [1.82, 2.24) is 36.1 Å². The summed E-state index contributed by atoms with van der Waals surface area (Å²) in [5, 5.41) is 10.9. The van der Waals surface area contributed by atoms with Gasteiger partial charge in [0, 0.05) is 24.9 Å². The number of carbonyl (C=O) groups excluding carboxylic acids is 6. The van der Waals surface area contributed by atoms with Gasteiger partial charge in [0.15, 0.2) is 0 Å². The molecule has 3 aliphatic carbocycles. The molecule has 268 valence electrons. The maximum Gasteiger partial charge on any atom is 0.289 e. The SMILES string of the molecule is [2H]c1nc([2H])c(C(=O)N[C@H](C(=O)N[C@H](C(=O)N2C[C@@H]3CCC[C@@H]3[C@@]2([2H])C(=O)N[C@@H](CCC)C(=O)C(=O)NC2CC2)C(C)(C)C)C2CCCCC2)nc1[2H]. The lowest BCUT2D eigenvalue weighted by atomic mass is 9.82. The zero-order chi connectivity index (χ0) is 38.8. The number of carbonyl (C=O) groups is 6. The number of likely N-dealkylation sites (tertiary alicyclic amines) is 1. The standard InChI is InChI=1S/C36H53N7O6/c1-5-10-25(29(44)34(48)39-23-15-16-23)40-33(47)28-24-14-9-13-22(24)20-43(28)35(49)30(36(2,3)4)42-32(46)27(21-11-7-6-8-12-21)41-31(45)26-19-37-17-18-38-26/h17-19,21-25,27-28,30H,5-16,20H2,1-4H3,(H,39,48)(H,40,47)(H,41,45)(H,42,46)/t22-,24-,25-,27-,28-,30+/m0/s1/i17D,18D,19D,28D. The topological polar surface area (TPSA) is 180 Å². The second kappa shape index (κ2) is 15.8. The quantitative estimate of drug-likeness (QED) is 0.229. The van der Waals surface area contributed by atoms with Gasteiger partial charge in [-0.3, -0.25) is 33.8 Å². The van der Waals surface area contributed by atoms with Gasteiger partial charge in [-0.1, -0.05) is 59.8 Å². The fourth-order valence-electron chi connectivity index (χ4n) is 7.50. The van der Waals surface area contributed by atoms with Gasteiger partial charge < -0.3 is 26.2 Å². The molecule has 49 heavy (non-hydrogen) atoms. The molecule has 1 aromatic rings. The first-order valence-electron chi connectivity index (χ1n) is 19.9. The molecule has 1 saturated heterocycles. The van der Waals surface area contributed by atoms with E-state index >= 15 is 0 Å². The summed E-state index contributed by atoms with van der Waals surface area (Å²) in [6.45, 7) is 7.18. The fourth-order valence-corrected chi connectivity index (χ4v) is 7.50. The van der Waals surface area contributed by atoms with Crippen LogP contribution in [0.5, 0.6) is 0 Å². The van der Waals surface area contributed by atoms with Crippen molar-refractivity contribution in [2.75, 3.05) is 6.54 Å². The normalized spacial score (nSPS) is 26.9. The minimum absolute atomic E-state index is 0.0557. The molecule has 0 unspecified atom stereocenters. The molecule has 0 bridgehead atoms.